The second kappa shape index (κ2) is 6.51. The summed E-state index contributed by atoms with van der Waals surface area (Å²) < 4.78 is 0. The number of nitrogens with one attached hydrogen (secondary N) is 1. The summed E-state index contributed by atoms with van der Waals surface area (Å²) in [5.74, 6) is 0. The topological polar surface area (TPSA) is 37.8 Å². The van der Waals surface area contributed by atoms with Crippen molar-refractivity contribution in [3.8, 4) is 0 Å². The van der Waals surface area contributed by atoms with Gasteiger partial charge in [-0.3, -0.25) is 9.97 Å². The van der Waals surface area contributed by atoms with Crippen molar-refractivity contribution < 1.29 is 0 Å². The molecule has 0 aliphatic carbocycles. The van der Waals surface area contributed by atoms with Crippen molar-refractivity contribution in [2.75, 3.05) is 6.54 Å². The summed E-state index contributed by atoms with van der Waals surface area (Å²) in [5, 5.41) is 3.53. The normalized spacial score (nSPS) is 12.7. The predicted molar refractivity (Wildman–Crippen MR) is 62.8 cm³/mol. The van der Waals surface area contributed by atoms with E-state index in [-0.39, 0.29) is 0 Å². The number of aryl methyl sites for hydroxylation is 1. The largest absolute Gasteiger partial charge is 0.314 e. The highest BCUT2D eigenvalue weighted by molar-refractivity contribution is 5.09. The van der Waals surface area contributed by atoms with Gasteiger partial charge in [0.1, 0.15) is 0 Å². The molecule has 3 heteroatoms. The van der Waals surface area contributed by atoms with E-state index in [0.29, 0.717) is 6.04 Å². The van der Waals surface area contributed by atoms with E-state index in [2.05, 4.69) is 29.1 Å². The van der Waals surface area contributed by atoms with Gasteiger partial charge < -0.3 is 5.32 Å². The molecular formula is C12H21N3. The molecule has 0 saturated heterocycles. The third-order valence-corrected chi connectivity index (χ3v) is 2.60. The Morgan fingerprint density at radius 3 is 2.60 bits per heavy atom. The minimum Gasteiger partial charge on any atom is -0.314 e. The fourth-order valence-electron chi connectivity index (χ4n) is 1.58. The SMILES string of the molecule is CCCNC(CC)Cc1nccnc1C. The maximum Gasteiger partial charge on any atom is 0.0631 e. The van der Waals surface area contributed by atoms with Crippen LogP contribution in [0.2, 0.25) is 0 Å². The standard InChI is InChI=1S/C12H21N3/c1-4-6-14-11(5-2)9-12-10(3)13-7-8-15-12/h7-8,11,14H,4-6,9H2,1-3H3. The lowest BCUT2D eigenvalue weighted by Crippen LogP contribution is -2.31. The fourth-order valence-corrected chi connectivity index (χ4v) is 1.58. The van der Waals surface area contributed by atoms with Crippen LogP contribution in [0.3, 0.4) is 0 Å². The zero-order chi connectivity index (χ0) is 11.1. The van der Waals surface area contributed by atoms with Crippen LogP contribution in [-0.4, -0.2) is 22.6 Å². The summed E-state index contributed by atoms with van der Waals surface area (Å²) in [7, 11) is 0. The monoisotopic (exact) mass is 207 g/mol. The zero-order valence-corrected chi connectivity index (χ0v) is 9.95. The fraction of sp³-hybridized carbons (Fsp3) is 0.667. The van der Waals surface area contributed by atoms with Gasteiger partial charge in [-0.1, -0.05) is 13.8 Å². The molecule has 1 unspecified atom stereocenters. The number of rotatable bonds is 6. The van der Waals surface area contributed by atoms with Crippen LogP contribution in [0, 0.1) is 6.92 Å². The van der Waals surface area contributed by atoms with Crippen LogP contribution < -0.4 is 5.32 Å². The Bertz CT molecular complexity index is 286. The number of aromatic nitrogens is 2. The van der Waals surface area contributed by atoms with Gasteiger partial charge >= 0.3 is 0 Å². The van der Waals surface area contributed by atoms with Crippen molar-refractivity contribution in [3.05, 3.63) is 23.8 Å². The molecule has 1 heterocycles. The van der Waals surface area contributed by atoms with Gasteiger partial charge in [0.2, 0.25) is 0 Å². The Balaban J connectivity index is 2.54. The van der Waals surface area contributed by atoms with Crippen molar-refractivity contribution >= 4 is 0 Å². The third-order valence-electron chi connectivity index (χ3n) is 2.60. The van der Waals surface area contributed by atoms with E-state index in [9.17, 15) is 0 Å². The van der Waals surface area contributed by atoms with Crippen LogP contribution in [-0.2, 0) is 6.42 Å². The van der Waals surface area contributed by atoms with Crippen LogP contribution in [0.15, 0.2) is 12.4 Å². The molecule has 0 aliphatic rings. The highest BCUT2D eigenvalue weighted by Gasteiger charge is 2.09. The Kier molecular flexibility index (Phi) is 5.26. The summed E-state index contributed by atoms with van der Waals surface area (Å²) in [4.78, 5) is 8.63. The first kappa shape index (κ1) is 12.1. The van der Waals surface area contributed by atoms with Crippen LogP contribution in [0.4, 0.5) is 0 Å². The minimum atomic E-state index is 0.528. The lowest BCUT2D eigenvalue weighted by molar-refractivity contribution is 0.489. The van der Waals surface area contributed by atoms with Gasteiger partial charge in [0.05, 0.1) is 11.4 Å². The molecule has 0 fully saturated rings. The van der Waals surface area contributed by atoms with Crippen LogP contribution in [0.1, 0.15) is 38.1 Å². The van der Waals surface area contributed by atoms with Gasteiger partial charge in [0.25, 0.3) is 0 Å². The Hall–Kier alpha value is -0.960. The Morgan fingerprint density at radius 1 is 1.27 bits per heavy atom. The molecule has 1 N–H and O–H groups in total. The number of nitrogens with zero attached hydrogens (tertiary/aromatic N) is 2. The summed E-state index contributed by atoms with van der Waals surface area (Å²) in [6, 6.07) is 0.528. The first-order chi connectivity index (χ1) is 7.27. The molecule has 84 valence electrons. The van der Waals surface area contributed by atoms with E-state index in [1.54, 1.807) is 12.4 Å². The van der Waals surface area contributed by atoms with Crippen molar-refractivity contribution in [2.45, 2.75) is 46.1 Å². The number of hydrogen-bond donors (Lipinski definition) is 1. The van der Waals surface area contributed by atoms with Gasteiger partial charge in [0, 0.05) is 24.9 Å². The molecule has 0 amide bonds. The molecular weight excluding hydrogens is 186 g/mol. The molecule has 1 rings (SSSR count). The van der Waals surface area contributed by atoms with E-state index in [4.69, 9.17) is 0 Å². The molecule has 1 atom stereocenters. The van der Waals surface area contributed by atoms with E-state index in [1.807, 2.05) is 6.92 Å². The lowest BCUT2D eigenvalue weighted by atomic mass is 10.1. The van der Waals surface area contributed by atoms with E-state index >= 15 is 0 Å². The maximum absolute atomic E-state index is 4.37. The average Bonchev–Trinajstić information content (AvgIpc) is 2.26. The van der Waals surface area contributed by atoms with Gasteiger partial charge in [-0.25, -0.2) is 0 Å². The van der Waals surface area contributed by atoms with E-state index in [1.165, 1.54) is 6.42 Å². The highest BCUT2D eigenvalue weighted by atomic mass is 14.9. The first-order valence-corrected chi connectivity index (χ1v) is 5.77. The minimum absolute atomic E-state index is 0.528. The molecule has 0 spiro atoms. The van der Waals surface area contributed by atoms with E-state index in [0.717, 1.165) is 30.8 Å². The smallest absolute Gasteiger partial charge is 0.0631 e. The molecule has 1 aromatic heterocycles. The second-order valence-corrected chi connectivity index (χ2v) is 3.85. The quantitative estimate of drug-likeness (QED) is 0.776. The van der Waals surface area contributed by atoms with Crippen molar-refractivity contribution in [2.24, 2.45) is 0 Å². The Labute approximate surface area is 92.3 Å². The summed E-state index contributed by atoms with van der Waals surface area (Å²) in [6.07, 6.45) is 6.82. The van der Waals surface area contributed by atoms with Gasteiger partial charge in [-0.05, 0) is 26.3 Å². The van der Waals surface area contributed by atoms with Crippen molar-refractivity contribution in [1.29, 1.82) is 0 Å². The zero-order valence-electron chi connectivity index (χ0n) is 9.95. The summed E-state index contributed by atoms with van der Waals surface area (Å²) in [5.41, 5.74) is 2.17. The molecule has 1 aromatic rings. The molecule has 15 heavy (non-hydrogen) atoms. The summed E-state index contributed by atoms with van der Waals surface area (Å²) in [6.45, 7) is 7.50. The van der Waals surface area contributed by atoms with Crippen LogP contribution in [0.5, 0.6) is 0 Å². The third kappa shape index (κ3) is 3.96. The van der Waals surface area contributed by atoms with E-state index < -0.39 is 0 Å². The second-order valence-electron chi connectivity index (χ2n) is 3.85. The van der Waals surface area contributed by atoms with Crippen molar-refractivity contribution in [3.63, 3.8) is 0 Å². The lowest BCUT2D eigenvalue weighted by Gasteiger charge is -2.16. The van der Waals surface area contributed by atoms with Crippen molar-refractivity contribution in [1.82, 2.24) is 15.3 Å². The molecule has 3 nitrogen and oxygen atoms in total. The molecule has 0 aliphatic heterocycles. The maximum atomic E-state index is 4.37. The Morgan fingerprint density at radius 2 is 2.00 bits per heavy atom. The molecule has 0 saturated carbocycles. The van der Waals surface area contributed by atoms with Crippen LogP contribution >= 0.6 is 0 Å². The molecule has 0 radical (unpaired) electrons. The predicted octanol–water partition coefficient (Wildman–Crippen LogP) is 2.11. The molecule has 0 aromatic carbocycles. The highest BCUT2D eigenvalue weighted by Crippen LogP contribution is 2.05. The number of hydrogen-bond acceptors (Lipinski definition) is 3. The van der Waals surface area contributed by atoms with Gasteiger partial charge in [-0.2, -0.15) is 0 Å². The first-order valence-electron chi connectivity index (χ1n) is 5.77. The van der Waals surface area contributed by atoms with Crippen LogP contribution in [0.25, 0.3) is 0 Å². The molecule has 0 bridgehead atoms. The average molecular weight is 207 g/mol. The van der Waals surface area contributed by atoms with Gasteiger partial charge in [-0.15, -0.1) is 0 Å². The van der Waals surface area contributed by atoms with Gasteiger partial charge in [0.15, 0.2) is 0 Å². The summed E-state index contributed by atoms with van der Waals surface area (Å²) >= 11 is 0.